The topological polar surface area (TPSA) is 41.5 Å². The van der Waals surface area contributed by atoms with Gasteiger partial charge >= 0.3 is 0 Å². The van der Waals surface area contributed by atoms with Crippen molar-refractivity contribution in [3.8, 4) is 5.75 Å². The van der Waals surface area contributed by atoms with E-state index in [-0.39, 0.29) is 12.6 Å². The van der Waals surface area contributed by atoms with Gasteiger partial charge < -0.3 is 15.2 Å². The maximum Gasteiger partial charge on any atom is 0.124 e. The Morgan fingerprint density at radius 1 is 1.47 bits per heavy atom. The maximum atomic E-state index is 8.74. The lowest BCUT2D eigenvalue weighted by atomic mass is 10.1. The van der Waals surface area contributed by atoms with Crippen LogP contribution in [0.1, 0.15) is 24.1 Å². The van der Waals surface area contributed by atoms with Gasteiger partial charge in [-0.2, -0.15) is 0 Å². The third kappa shape index (κ3) is 3.22. The summed E-state index contributed by atoms with van der Waals surface area (Å²) in [5.74, 6) is 0.853. The van der Waals surface area contributed by atoms with E-state index in [4.69, 9.17) is 9.84 Å². The average molecular weight is 209 g/mol. The molecule has 1 aromatic rings. The first-order valence-electron chi connectivity index (χ1n) is 5.20. The van der Waals surface area contributed by atoms with Crippen LogP contribution in [-0.4, -0.2) is 25.4 Å². The molecule has 3 heteroatoms. The molecule has 1 atom stereocenters. The SMILES string of the molecule is CNC(C)c1ccc(C)cc1OCCO. The number of benzene rings is 1. The van der Waals surface area contributed by atoms with Crippen LogP contribution in [0.4, 0.5) is 0 Å². The molecule has 0 radical (unpaired) electrons. The van der Waals surface area contributed by atoms with Crippen molar-refractivity contribution in [1.82, 2.24) is 5.32 Å². The largest absolute Gasteiger partial charge is 0.491 e. The second-order valence-corrected chi connectivity index (χ2v) is 3.62. The van der Waals surface area contributed by atoms with Gasteiger partial charge in [0.15, 0.2) is 0 Å². The molecule has 0 aromatic heterocycles. The minimum Gasteiger partial charge on any atom is -0.491 e. The third-order valence-corrected chi connectivity index (χ3v) is 2.42. The molecule has 0 aliphatic heterocycles. The maximum absolute atomic E-state index is 8.74. The van der Waals surface area contributed by atoms with Crippen LogP contribution in [0.2, 0.25) is 0 Å². The van der Waals surface area contributed by atoms with Crippen molar-refractivity contribution in [3.63, 3.8) is 0 Å². The van der Waals surface area contributed by atoms with E-state index in [2.05, 4.69) is 24.4 Å². The van der Waals surface area contributed by atoms with Crippen LogP contribution >= 0.6 is 0 Å². The molecular formula is C12H19NO2. The lowest BCUT2D eigenvalue weighted by Gasteiger charge is -2.16. The van der Waals surface area contributed by atoms with Crippen molar-refractivity contribution in [2.45, 2.75) is 19.9 Å². The molecule has 1 rings (SSSR count). The summed E-state index contributed by atoms with van der Waals surface area (Å²) >= 11 is 0. The van der Waals surface area contributed by atoms with Gasteiger partial charge in [-0.05, 0) is 32.5 Å². The summed E-state index contributed by atoms with van der Waals surface area (Å²) in [7, 11) is 1.92. The average Bonchev–Trinajstić information content (AvgIpc) is 2.25. The lowest BCUT2D eigenvalue weighted by Crippen LogP contribution is -2.14. The summed E-state index contributed by atoms with van der Waals surface area (Å²) in [6.07, 6.45) is 0. The van der Waals surface area contributed by atoms with Gasteiger partial charge in [-0.1, -0.05) is 12.1 Å². The number of aliphatic hydroxyl groups excluding tert-OH is 1. The van der Waals surface area contributed by atoms with Crippen LogP contribution in [0, 0.1) is 6.92 Å². The van der Waals surface area contributed by atoms with Gasteiger partial charge in [0.2, 0.25) is 0 Å². The molecule has 0 amide bonds. The van der Waals surface area contributed by atoms with Crippen LogP contribution in [0.25, 0.3) is 0 Å². The second kappa shape index (κ2) is 5.73. The van der Waals surface area contributed by atoms with E-state index in [9.17, 15) is 0 Å². The van der Waals surface area contributed by atoms with Crippen molar-refractivity contribution in [1.29, 1.82) is 0 Å². The van der Waals surface area contributed by atoms with E-state index in [0.29, 0.717) is 6.61 Å². The Kier molecular flexibility index (Phi) is 4.59. The predicted molar refractivity (Wildman–Crippen MR) is 61.2 cm³/mol. The fourth-order valence-corrected chi connectivity index (χ4v) is 1.44. The Hall–Kier alpha value is -1.06. The molecule has 15 heavy (non-hydrogen) atoms. The fraction of sp³-hybridized carbons (Fsp3) is 0.500. The molecule has 0 saturated carbocycles. The second-order valence-electron chi connectivity index (χ2n) is 3.62. The molecule has 3 nitrogen and oxygen atoms in total. The van der Waals surface area contributed by atoms with Gasteiger partial charge in [-0.3, -0.25) is 0 Å². The summed E-state index contributed by atoms with van der Waals surface area (Å²) in [5, 5.41) is 11.9. The van der Waals surface area contributed by atoms with E-state index in [1.54, 1.807) is 0 Å². The molecule has 0 heterocycles. The number of ether oxygens (including phenoxy) is 1. The van der Waals surface area contributed by atoms with Gasteiger partial charge in [-0.15, -0.1) is 0 Å². The number of hydrogen-bond donors (Lipinski definition) is 2. The zero-order valence-electron chi connectivity index (χ0n) is 9.58. The Bertz CT molecular complexity index is 312. The van der Waals surface area contributed by atoms with Crippen molar-refractivity contribution >= 4 is 0 Å². The van der Waals surface area contributed by atoms with Gasteiger partial charge in [0.05, 0.1) is 6.61 Å². The molecule has 0 aliphatic carbocycles. The smallest absolute Gasteiger partial charge is 0.124 e. The van der Waals surface area contributed by atoms with Gasteiger partial charge in [0, 0.05) is 11.6 Å². The molecule has 1 unspecified atom stereocenters. The molecule has 0 aliphatic rings. The van der Waals surface area contributed by atoms with Crippen molar-refractivity contribution in [2.24, 2.45) is 0 Å². The standard InChI is InChI=1S/C12H19NO2/c1-9-4-5-11(10(2)13-3)12(8-9)15-7-6-14/h4-5,8,10,13-14H,6-7H2,1-3H3. The molecule has 0 saturated heterocycles. The summed E-state index contributed by atoms with van der Waals surface area (Å²) in [6, 6.07) is 6.37. The Labute approximate surface area is 91.1 Å². The Morgan fingerprint density at radius 2 is 2.20 bits per heavy atom. The fourth-order valence-electron chi connectivity index (χ4n) is 1.44. The van der Waals surface area contributed by atoms with Crippen LogP contribution in [0.3, 0.4) is 0 Å². The molecule has 0 bridgehead atoms. The Balaban J connectivity index is 2.92. The molecule has 0 fully saturated rings. The van der Waals surface area contributed by atoms with Crippen molar-refractivity contribution in [2.75, 3.05) is 20.3 Å². The Morgan fingerprint density at radius 3 is 2.80 bits per heavy atom. The van der Waals surface area contributed by atoms with Gasteiger partial charge in [0.1, 0.15) is 12.4 Å². The number of hydrogen-bond acceptors (Lipinski definition) is 3. The number of nitrogens with one attached hydrogen (secondary N) is 1. The molecule has 2 N–H and O–H groups in total. The van der Waals surface area contributed by atoms with E-state index in [0.717, 1.165) is 16.9 Å². The summed E-state index contributed by atoms with van der Waals surface area (Å²) in [5.41, 5.74) is 2.28. The van der Waals surface area contributed by atoms with Gasteiger partial charge in [0.25, 0.3) is 0 Å². The van der Waals surface area contributed by atoms with Crippen LogP contribution in [0.5, 0.6) is 5.75 Å². The highest BCUT2D eigenvalue weighted by atomic mass is 16.5. The highest BCUT2D eigenvalue weighted by molar-refractivity contribution is 5.39. The first-order chi connectivity index (χ1) is 7.19. The van der Waals surface area contributed by atoms with E-state index in [1.807, 2.05) is 20.0 Å². The predicted octanol–water partition coefficient (Wildman–Crippen LogP) is 1.65. The first kappa shape index (κ1) is 12.0. The normalized spacial score (nSPS) is 12.5. The molecular weight excluding hydrogens is 190 g/mol. The van der Waals surface area contributed by atoms with Crippen molar-refractivity contribution in [3.05, 3.63) is 29.3 Å². The summed E-state index contributed by atoms with van der Waals surface area (Å²) < 4.78 is 5.50. The first-order valence-corrected chi connectivity index (χ1v) is 5.20. The van der Waals surface area contributed by atoms with E-state index in [1.165, 1.54) is 0 Å². The monoisotopic (exact) mass is 209 g/mol. The zero-order chi connectivity index (χ0) is 11.3. The number of aliphatic hydroxyl groups is 1. The minimum absolute atomic E-state index is 0.0430. The summed E-state index contributed by atoms with van der Waals surface area (Å²) in [6.45, 7) is 4.49. The quantitative estimate of drug-likeness (QED) is 0.774. The van der Waals surface area contributed by atoms with Gasteiger partial charge in [-0.25, -0.2) is 0 Å². The number of aryl methyl sites for hydroxylation is 1. The number of rotatable bonds is 5. The van der Waals surface area contributed by atoms with Crippen LogP contribution in [-0.2, 0) is 0 Å². The zero-order valence-corrected chi connectivity index (χ0v) is 9.58. The summed E-state index contributed by atoms with van der Waals surface area (Å²) in [4.78, 5) is 0. The highest BCUT2D eigenvalue weighted by Gasteiger charge is 2.09. The van der Waals surface area contributed by atoms with Crippen molar-refractivity contribution < 1.29 is 9.84 Å². The van der Waals surface area contributed by atoms with E-state index < -0.39 is 0 Å². The highest BCUT2D eigenvalue weighted by Crippen LogP contribution is 2.26. The van der Waals surface area contributed by atoms with Crippen LogP contribution in [0.15, 0.2) is 18.2 Å². The van der Waals surface area contributed by atoms with E-state index >= 15 is 0 Å². The molecule has 84 valence electrons. The molecule has 1 aromatic carbocycles. The van der Waals surface area contributed by atoms with Crippen LogP contribution < -0.4 is 10.1 Å². The third-order valence-electron chi connectivity index (χ3n) is 2.42. The molecule has 0 spiro atoms. The lowest BCUT2D eigenvalue weighted by molar-refractivity contribution is 0.199. The minimum atomic E-state index is 0.0430.